The minimum absolute atomic E-state index is 0.0378. The first-order valence-corrected chi connectivity index (χ1v) is 3.55. The zero-order chi connectivity index (χ0) is 9.40. The summed E-state index contributed by atoms with van der Waals surface area (Å²) in [5.41, 5.74) is 5.00. The lowest BCUT2D eigenvalue weighted by molar-refractivity contribution is -0.125. The van der Waals surface area contributed by atoms with E-state index in [9.17, 15) is 9.59 Å². The van der Waals surface area contributed by atoms with Crippen molar-refractivity contribution >= 4 is 11.8 Å². The predicted octanol–water partition coefficient (Wildman–Crippen LogP) is -1.64. The highest BCUT2D eigenvalue weighted by Gasteiger charge is 2.01. The van der Waals surface area contributed by atoms with Crippen molar-refractivity contribution in [2.45, 2.75) is 0 Å². The molecule has 0 rings (SSSR count). The minimum Gasteiger partial charge on any atom is -0.351 e. The van der Waals surface area contributed by atoms with Crippen molar-refractivity contribution in [1.29, 1.82) is 0 Å². The summed E-state index contributed by atoms with van der Waals surface area (Å²) in [6.07, 6.45) is 1.56. The van der Waals surface area contributed by atoms with Crippen molar-refractivity contribution in [1.82, 2.24) is 10.6 Å². The lowest BCUT2D eigenvalue weighted by Gasteiger charge is -2.02. The standard InChI is InChI=1S/C7H13N3O2/c1-2-3-9-7(12)5-10-6(11)4-8/h2H,1,3-5,8H2,(H,9,12)(H,10,11). The fraction of sp³-hybridized carbons (Fsp3) is 0.429. The van der Waals surface area contributed by atoms with Gasteiger partial charge in [-0.2, -0.15) is 0 Å². The van der Waals surface area contributed by atoms with E-state index in [-0.39, 0.29) is 24.9 Å². The van der Waals surface area contributed by atoms with Crippen LogP contribution in [0, 0.1) is 0 Å². The Morgan fingerprint density at radius 2 is 2.00 bits per heavy atom. The molecule has 0 aromatic carbocycles. The summed E-state index contributed by atoms with van der Waals surface area (Å²) in [5.74, 6) is -0.597. The number of amides is 2. The molecule has 0 aliphatic rings. The highest BCUT2D eigenvalue weighted by molar-refractivity contribution is 5.85. The van der Waals surface area contributed by atoms with Crippen molar-refractivity contribution in [3.05, 3.63) is 12.7 Å². The number of nitrogens with two attached hydrogens (primary N) is 1. The van der Waals surface area contributed by atoms with Crippen molar-refractivity contribution in [2.75, 3.05) is 19.6 Å². The summed E-state index contributed by atoms with van der Waals surface area (Å²) in [7, 11) is 0. The quantitative estimate of drug-likeness (QED) is 0.434. The molecule has 0 aliphatic heterocycles. The van der Waals surface area contributed by atoms with Gasteiger partial charge in [0, 0.05) is 6.54 Å². The van der Waals surface area contributed by atoms with E-state index in [1.165, 1.54) is 0 Å². The van der Waals surface area contributed by atoms with E-state index < -0.39 is 0 Å². The van der Waals surface area contributed by atoms with Gasteiger partial charge in [0.05, 0.1) is 13.1 Å². The summed E-state index contributed by atoms with van der Waals surface area (Å²) in [6, 6.07) is 0. The van der Waals surface area contributed by atoms with Crippen LogP contribution in [0.1, 0.15) is 0 Å². The maximum Gasteiger partial charge on any atom is 0.239 e. The lowest BCUT2D eigenvalue weighted by atomic mass is 10.5. The summed E-state index contributed by atoms with van der Waals surface area (Å²) in [4.78, 5) is 21.4. The molecule has 0 heterocycles. The topological polar surface area (TPSA) is 84.2 Å². The molecule has 0 bridgehead atoms. The van der Waals surface area contributed by atoms with Crippen LogP contribution in [0.4, 0.5) is 0 Å². The van der Waals surface area contributed by atoms with Gasteiger partial charge in [-0.1, -0.05) is 6.08 Å². The predicted molar refractivity (Wildman–Crippen MR) is 45.3 cm³/mol. The molecule has 0 aromatic rings. The zero-order valence-corrected chi connectivity index (χ0v) is 6.80. The van der Waals surface area contributed by atoms with E-state index in [0.29, 0.717) is 6.54 Å². The molecule has 5 nitrogen and oxygen atoms in total. The number of carbonyl (C=O) groups is 2. The van der Waals surface area contributed by atoms with Crippen molar-refractivity contribution < 1.29 is 9.59 Å². The number of nitrogens with one attached hydrogen (secondary N) is 2. The first-order chi connectivity index (χ1) is 5.70. The number of hydrogen-bond donors (Lipinski definition) is 3. The van der Waals surface area contributed by atoms with Crippen molar-refractivity contribution in [3.63, 3.8) is 0 Å². The molecular weight excluding hydrogens is 158 g/mol. The van der Waals surface area contributed by atoms with Crippen LogP contribution in [0.2, 0.25) is 0 Å². The molecule has 2 amide bonds. The average Bonchev–Trinajstić information content (AvgIpc) is 2.10. The molecule has 0 radical (unpaired) electrons. The van der Waals surface area contributed by atoms with Gasteiger partial charge in [0.1, 0.15) is 0 Å². The summed E-state index contributed by atoms with van der Waals surface area (Å²) >= 11 is 0. The highest BCUT2D eigenvalue weighted by Crippen LogP contribution is 1.66. The van der Waals surface area contributed by atoms with E-state index >= 15 is 0 Å². The Hall–Kier alpha value is -1.36. The molecule has 0 fully saturated rings. The molecule has 4 N–H and O–H groups in total. The van der Waals surface area contributed by atoms with Crippen LogP contribution in [0.5, 0.6) is 0 Å². The Bertz CT molecular complexity index is 179. The van der Waals surface area contributed by atoms with E-state index in [1.54, 1.807) is 6.08 Å². The van der Waals surface area contributed by atoms with E-state index in [0.717, 1.165) is 0 Å². The maximum absolute atomic E-state index is 10.8. The van der Waals surface area contributed by atoms with Gasteiger partial charge in [0.15, 0.2) is 0 Å². The Morgan fingerprint density at radius 3 is 2.50 bits per heavy atom. The molecule has 0 unspecified atom stereocenters. The summed E-state index contributed by atoms with van der Waals surface area (Å²) < 4.78 is 0. The number of rotatable bonds is 5. The van der Waals surface area contributed by atoms with Gasteiger partial charge in [-0.15, -0.1) is 6.58 Å². The summed E-state index contributed by atoms with van der Waals surface area (Å²) in [6.45, 7) is 3.68. The van der Waals surface area contributed by atoms with Gasteiger partial charge in [-0.25, -0.2) is 0 Å². The smallest absolute Gasteiger partial charge is 0.239 e. The van der Waals surface area contributed by atoms with Crippen LogP contribution < -0.4 is 16.4 Å². The zero-order valence-electron chi connectivity index (χ0n) is 6.80. The molecule has 0 spiro atoms. The molecule has 0 atom stereocenters. The van der Waals surface area contributed by atoms with Gasteiger partial charge >= 0.3 is 0 Å². The second-order valence-electron chi connectivity index (χ2n) is 2.07. The van der Waals surface area contributed by atoms with Crippen LogP contribution in [-0.4, -0.2) is 31.4 Å². The van der Waals surface area contributed by atoms with Crippen LogP contribution in [0.25, 0.3) is 0 Å². The SMILES string of the molecule is C=CCNC(=O)CNC(=O)CN. The van der Waals surface area contributed by atoms with Crippen LogP contribution >= 0.6 is 0 Å². The monoisotopic (exact) mass is 171 g/mol. The lowest BCUT2D eigenvalue weighted by Crippen LogP contribution is -2.39. The van der Waals surface area contributed by atoms with Gasteiger partial charge in [-0.3, -0.25) is 9.59 Å². The number of hydrogen-bond acceptors (Lipinski definition) is 3. The third-order valence-corrected chi connectivity index (χ3v) is 1.08. The molecule has 0 saturated heterocycles. The first kappa shape index (κ1) is 10.6. The van der Waals surface area contributed by atoms with Crippen molar-refractivity contribution in [2.24, 2.45) is 5.73 Å². The van der Waals surface area contributed by atoms with Gasteiger partial charge < -0.3 is 16.4 Å². The number of carbonyl (C=O) groups excluding carboxylic acids is 2. The van der Waals surface area contributed by atoms with E-state index in [4.69, 9.17) is 5.73 Å². The fourth-order valence-electron chi connectivity index (χ4n) is 0.500. The first-order valence-electron chi connectivity index (χ1n) is 3.55. The van der Waals surface area contributed by atoms with Crippen LogP contribution in [0.3, 0.4) is 0 Å². The average molecular weight is 171 g/mol. The van der Waals surface area contributed by atoms with Gasteiger partial charge in [0.25, 0.3) is 0 Å². The molecule has 12 heavy (non-hydrogen) atoms. The van der Waals surface area contributed by atoms with E-state index in [2.05, 4.69) is 17.2 Å². The van der Waals surface area contributed by atoms with Crippen LogP contribution in [0.15, 0.2) is 12.7 Å². The second-order valence-corrected chi connectivity index (χ2v) is 2.07. The maximum atomic E-state index is 10.8. The van der Waals surface area contributed by atoms with Gasteiger partial charge in [-0.05, 0) is 0 Å². The normalized spacial score (nSPS) is 8.75. The third kappa shape index (κ3) is 5.43. The molecule has 0 aliphatic carbocycles. The molecule has 0 saturated carbocycles. The molecule has 5 heteroatoms. The third-order valence-electron chi connectivity index (χ3n) is 1.08. The minimum atomic E-state index is -0.344. The Balaban J connectivity index is 3.43. The van der Waals surface area contributed by atoms with E-state index in [1.807, 2.05) is 0 Å². The Labute approximate surface area is 71.0 Å². The second kappa shape index (κ2) is 6.36. The fourth-order valence-corrected chi connectivity index (χ4v) is 0.500. The molecule has 0 aromatic heterocycles. The Kier molecular flexibility index (Phi) is 5.64. The molecular formula is C7H13N3O2. The van der Waals surface area contributed by atoms with Crippen molar-refractivity contribution in [3.8, 4) is 0 Å². The highest BCUT2D eigenvalue weighted by atomic mass is 16.2. The Morgan fingerprint density at radius 1 is 1.33 bits per heavy atom. The summed E-state index contributed by atoms with van der Waals surface area (Å²) in [5, 5.41) is 4.83. The van der Waals surface area contributed by atoms with Crippen LogP contribution in [-0.2, 0) is 9.59 Å². The largest absolute Gasteiger partial charge is 0.351 e. The van der Waals surface area contributed by atoms with Gasteiger partial charge in [0.2, 0.25) is 11.8 Å². The molecule has 68 valence electrons.